The molecule has 1 aromatic heterocycles. The van der Waals surface area contributed by atoms with Gasteiger partial charge in [0, 0.05) is 25.6 Å². The summed E-state index contributed by atoms with van der Waals surface area (Å²) in [6.45, 7) is 10.8. The lowest BCUT2D eigenvalue weighted by Gasteiger charge is -2.27. The van der Waals surface area contributed by atoms with Crippen LogP contribution in [0.25, 0.3) is 0 Å². The van der Waals surface area contributed by atoms with Gasteiger partial charge in [0.15, 0.2) is 5.96 Å². The number of aryl methyl sites for hydroxylation is 2. The molecule has 0 aliphatic carbocycles. The quantitative estimate of drug-likeness (QED) is 0.599. The van der Waals surface area contributed by atoms with Crippen molar-refractivity contribution in [3.8, 4) is 0 Å². The lowest BCUT2D eigenvalue weighted by atomic mass is 9.84. The third-order valence-electron chi connectivity index (χ3n) is 4.37. The molecule has 1 heterocycles. The Kier molecular flexibility index (Phi) is 6.56. The van der Waals surface area contributed by atoms with Crippen molar-refractivity contribution in [2.24, 2.45) is 12.0 Å². The average Bonchev–Trinajstić information content (AvgIpc) is 3.02. The standard InChI is InChI=1S/C19H30N6/c1-6-15-8-10-16(11-9-15)19(3,4)13-22-18(20-7-2)21-12-17-23-14-24-25(17)5/h8-11,14H,6-7,12-13H2,1-5H3,(H2,20,21,22). The van der Waals surface area contributed by atoms with E-state index in [1.54, 1.807) is 11.0 Å². The molecule has 0 radical (unpaired) electrons. The maximum atomic E-state index is 4.61. The smallest absolute Gasteiger partial charge is 0.191 e. The largest absolute Gasteiger partial charge is 0.357 e. The molecule has 2 N–H and O–H groups in total. The van der Waals surface area contributed by atoms with Gasteiger partial charge in [-0.15, -0.1) is 0 Å². The van der Waals surface area contributed by atoms with Crippen molar-refractivity contribution in [1.82, 2.24) is 25.4 Å². The topological polar surface area (TPSA) is 67.1 Å². The third-order valence-corrected chi connectivity index (χ3v) is 4.37. The van der Waals surface area contributed by atoms with Crippen LogP contribution in [0, 0.1) is 0 Å². The molecular formula is C19H30N6. The Morgan fingerprint density at radius 2 is 1.88 bits per heavy atom. The zero-order chi connectivity index (χ0) is 18.3. The van der Waals surface area contributed by atoms with Crippen molar-refractivity contribution in [1.29, 1.82) is 0 Å². The molecule has 0 aliphatic rings. The Labute approximate surface area is 150 Å². The van der Waals surface area contributed by atoms with Gasteiger partial charge in [-0.05, 0) is 24.5 Å². The number of hydrogen-bond acceptors (Lipinski definition) is 3. The minimum absolute atomic E-state index is 0.00718. The minimum Gasteiger partial charge on any atom is -0.357 e. The predicted octanol–water partition coefficient (Wildman–Crippen LogP) is 2.41. The van der Waals surface area contributed by atoms with Gasteiger partial charge in [-0.2, -0.15) is 5.10 Å². The summed E-state index contributed by atoms with van der Waals surface area (Å²) in [5, 5.41) is 10.8. The number of benzene rings is 1. The van der Waals surface area contributed by atoms with Crippen LogP contribution in [0.2, 0.25) is 0 Å². The molecule has 0 atom stereocenters. The molecule has 6 heteroatoms. The Morgan fingerprint density at radius 1 is 1.16 bits per heavy atom. The normalized spacial score (nSPS) is 12.3. The van der Waals surface area contributed by atoms with E-state index in [-0.39, 0.29) is 5.41 Å². The van der Waals surface area contributed by atoms with Crippen LogP contribution in [-0.4, -0.2) is 33.8 Å². The van der Waals surface area contributed by atoms with E-state index in [2.05, 4.69) is 77.7 Å². The molecule has 6 nitrogen and oxygen atoms in total. The summed E-state index contributed by atoms with van der Waals surface area (Å²) in [6, 6.07) is 8.88. The number of hydrogen-bond donors (Lipinski definition) is 2. The zero-order valence-electron chi connectivity index (χ0n) is 16.0. The minimum atomic E-state index is 0.00718. The number of guanidine groups is 1. The number of aromatic nitrogens is 3. The fourth-order valence-corrected chi connectivity index (χ4v) is 2.55. The fourth-order valence-electron chi connectivity index (χ4n) is 2.55. The molecule has 25 heavy (non-hydrogen) atoms. The number of aliphatic imine (C=N–C) groups is 1. The molecule has 0 spiro atoms. The summed E-state index contributed by atoms with van der Waals surface area (Å²) >= 11 is 0. The van der Waals surface area contributed by atoms with Crippen LogP contribution >= 0.6 is 0 Å². The summed E-state index contributed by atoms with van der Waals surface area (Å²) in [4.78, 5) is 8.82. The summed E-state index contributed by atoms with van der Waals surface area (Å²) in [7, 11) is 1.88. The molecular weight excluding hydrogens is 312 g/mol. The van der Waals surface area contributed by atoms with Gasteiger partial charge in [0.1, 0.15) is 18.7 Å². The first kappa shape index (κ1) is 19.0. The van der Waals surface area contributed by atoms with Crippen LogP contribution in [0.15, 0.2) is 35.6 Å². The third kappa shape index (κ3) is 5.31. The first-order chi connectivity index (χ1) is 12.0. The van der Waals surface area contributed by atoms with Crippen molar-refractivity contribution in [2.75, 3.05) is 13.1 Å². The maximum Gasteiger partial charge on any atom is 0.191 e. The number of nitrogens with one attached hydrogen (secondary N) is 2. The first-order valence-corrected chi connectivity index (χ1v) is 8.90. The summed E-state index contributed by atoms with van der Waals surface area (Å²) < 4.78 is 1.74. The van der Waals surface area contributed by atoms with Crippen LogP contribution in [0.3, 0.4) is 0 Å². The van der Waals surface area contributed by atoms with E-state index in [0.29, 0.717) is 6.54 Å². The van der Waals surface area contributed by atoms with Crippen LogP contribution < -0.4 is 10.6 Å². The Bertz CT molecular complexity index is 684. The molecule has 0 amide bonds. The first-order valence-electron chi connectivity index (χ1n) is 8.90. The fraction of sp³-hybridized carbons (Fsp3) is 0.526. The lowest BCUT2D eigenvalue weighted by molar-refractivity contribution is 0.508. The van der Waals surface area contributed by atoms with Crippen molar-refractivity contribution in [3.63, 3.8) is 0 Å². The predicted molar refractivity (Wildman–Crippen MR) is 103 cm³/mol. The monoisotopic (exact) mass is 342 g/mol. The number of nitrogens with zero attached hydrogens (tertiary/aromatic N) is 4. The van der Waals surface area contributed by atoms with Crippen molar-refractivity contribution in [3.05, 3.63) is 47.5 Å². The van der Waals surface area contributed by atoms with Gasteiger partial charge >= 0.3 is 0 Å². The van der Waals surface area contributed by atoms with E-state index in [9.17, 15) is 0 Å². The molecule has 0 aliphatic heterocycles. The van der Waals surface area contributed by atoms with Gasteiger partial charge < -0.3 is 10.6 Å². The van der Waals surface area contributed by atoms with E-state index in [4.69, 9.17) is 0 Å². The van der Waals surface area contributed by atoms with E-state index >= 15 is 0 Å². The van der Waals surface area contributed by atoms with Crippen LogP contribution in [-0.2, 0) is 25.4 Å². The van der Waals surface area contributed by atoms with E-state index < -0.39 is 0 Å². The molecule has 0 bridgehead atoms. The van der Waals surface area contributed by atoms with Gasteiger partial charge in [0.25, 0.3) is 0 Å². The van der Waals surface area contributed by atoms with Gasteiger partial charge in [0.05, 0.1) is 0 Å². The lowest BCUT2D eigenvalue weighted by Crippen LogP contribution is -2.43. The van der Waals surface area contributed by atoms with Crippen LogP contribution in [0.5, 0.6) is 0 Å². The molecule has 0 saturated carbocycles. The van der Waals surface area contributed by atoms with E-state index in [1.807, 2.05) is 7.05 Å². The maximum absolute atomic E-state index is 4.61. The molecule has 0 saturated heterocycles. The Hall–Kier alpha value is -2.37. The van der Waals surface area contributed by atoms with Gasteiger partial charge in [-0.3, -0.25) is 4.68 Å². The summed E-state index contributed by atoms with van der Waals surface area (Å²) in [6.07, 6.45) is 2.62. The Morgan fingerprint density at radius 3 is 2.44 bits per heavy atom. The van der Waals surface area contributed by atoms with Crippen molar-refractivity contribution < 1.29 is 0 Å². The van der Waals surface area contributed by atoms with E-state index in [0.717, 1.165) is 31.3 Å². The SMILES string of the molecule is CCNC(=NCc1ncnn1C)NCC(C)(C)c1ccc(CC)cc1. The van der Waals surface area contributed by atoms with Crippen LogP contribution in [0.1, 0.15) is 44.6 Å². The second-order valence-corrected chi connectivity index (χ2v) is 6.78. The van der Waals surface area contributed by atoms with Crippen molar-refractivity contribution >= 4 is 5.96 Å². The molecule has 136 valence electrons. The highest BCUT2D eigenvalue weighted by Crippen LogP contribution is 2.22. The second-order valence-electron chi connectivity index (χ2n) is 6.78. The van der Waals surface area contributed by atoms with Gasteiger partial charge in [-0.25, -0.2) is 9.98 Å². The summed E-state index contributed by atoms with van der Waals surface area (Å²) in [5.74, 6) is 1.63. The second kappa shape index (κ2) is 8.65. The highest BCUT2D eigenvalue weighted by atomic mass is 15.3. The Balaban J connectivity index is 2.01. The van der Waals surface area contributed by atoms with Crippen molar-refractivity contribution in [2.45, 2.75) is 46.1 Å². The highest BCUT2D eigenvalue weighted by molar-refractivity contribution is 5.79. The number of rotatable bonds is 7. The van der Waals surface area contributed by atoms with Gasteiger partial charge in [-0.1, -0.05) is 45.0 Å². The molecule has 1 aromatic carbocycles. The average molecular weight is 342 g/mol. The molecule has 0 fully saturated rings. The molecule has 2 aromatic rings. The van der Waals surface area contributed by atoms with Gasteiger partial charge in [0.2, 0.25) is 0 Å². The zero-order valence-corrected chi connectivity index (χ0v) is 16.0. The molecule has 0 unspecified atom stereocenters. The highest BCUT2D eigenvalue weighted by Gasteiger charge is 2.20. The summed E-state index contributed by atoms with van der Waals surface area (Å²) in [5.41, 5.74) is 2.69. The van der Waals surface area contributed by atoms with Crippen LogP contribution in [0.4, 0.5) is 0 Å². The molecule has 2 rings (SSSR count). The van der Waals surface area contributed by atoms with E-state index in [1.165, 1.54) is 11.1 Å².